The largest absolute Gasteiger partial charge is 0.396 e. The van der Waals surface area contributed by atoms with Crippen molar-refractivity contribution < 1.29 is 4.39 Å². The maximum Gasteiger partial charge on any atom is 0.148 e. The molecule has 0 atom stereocenters. The highest BCUT2D eigenvalue weighted by molar-refractivity contribution is 7.22. The van der Waals surface area contributed by atoms with E-state index in [0.29, 0.717) is 0 Å². The van der Waals surface area contributed by atoms with Gasteiger partial charge in [-0.3, -0.25) is 4.68 Å². The van der Waals surface area contributed by atoms with E-state index in [1.807, 2.05) is 19.2 Å². The molecule has 0 fully saturated rings. The molecule has 5 heteroatoms. The molecule has 104 valence electrons. The van der Waals surface area contributed by atoms with E-state index in [1.165, 1.54) is 16.2 Å². The topological polar surface area (TPSA) is 43.8 Å². The lowest BCUT2D eigenvalue weighted by atomic mass is 10.1. The highest BCUT2D eigenvalue weighted by Gasteiger charge is 2.15. The molecular weight excluding hydrogens is 285 g/mol. The number of aryl methyl sites for hydroxylation is 1. The van der Waals surface area contributed by atoms with Crippen molar-refractivity contribution in [2.45, 2.75) is 0 Å². The quantitative estimate of drug-likeness (QED) is 0.536. The number of hydrogen-bond acceptors (Lipinski definition) is 3. The molecule has 2 N–H and O–H groups in total. The van der Waals surface area contributed by atoms with Gasteiger partial charge in [0.2, 0.25) is 0 Å². The van der Waals surface area contributed by atoms with Crippen LogP contribution in [0.4, 0.5) is 10.1 Å². The summed E-state index contributed by atoms with van der Waals surface area (Å²) >= 11 is 1.68. The van der Waals surface area contributed by atoms with Gasteiger partial charge in [-0.15, -0.1) is 11.3 Å². The van der Waals surface area contributed by atoms with E-state index in [1.54, 1.807) is 22.1 Å². The third-order valence-electron chi connectivity index (χ3n) is 3.63. The third kappa shape index (κ3) is 1.81. The first kappa shape index (κ1) is 12.3. The van der Waals surface area contributed by atoms with E-state index < -0.39 is 5.82 Å². The molecule has 4 aromatic rings. The van der Waals surface area contributed by atoms with Crippen LogP contribution in [0.2, 0.25) is 0 Å². The summed E-state index contributed by atoms with van der Waals surface area (Å²) in [5.41, 5.74) is 7.45. The predicted molar refractivity (Wildman–Crippen MR) is 85.9 cm³/mol. The molecular formula is C16H12FN3S. The number of nitrogen functional groups attached to an aromatic ring is 1. The first-order valence-electron chi connectivity index (χ1n) is 6.54. The number of anilines is 1. The van der Waals surface area contributed by atoms with Crippen molar-refractivity contribution in [3.63, 3.8) is 0 Å². The van der Waals surface area contributed by atoms with Crippen LogP contribution in [0.1, 0.15) is 0 Å². The standard InChI is InChI=1S/C16H12FN3S/c1-20-13-8-11(17)12(18)7-10(13)16(19-20)15-6-9-4-2-3-5-14(9)21-15/h2-8H,18H2,1H3. The van der Waals surface area contributed by atoms with Gasteiger partial charge in [0.05, 0.1) is 16.1 Å². The average Bonchev–Trinajstić information content (AvgIpc) is 3.02. The van der Waals surface area contributed by atoms with Gasteiger partial charge in [0.1, 0.15) is 11.5 Å². The van der Waals surface area contributed by atoms with Crippen molar-refractivity contribution in [1.82, 2.24) is 9.78 Å². The summed E-state index contributed by atoms with van der Waals surface area (Å²) in [5.74, 6) is -0.409. The van der Waals surface area contributed by atoms with Gasteiger partial charge in [-0.05, 0) is 23.6 Å². The van der Waals surface area contributed by atoms with Crippen LogP contribution in [0.3, 0.4) is 0 Å². The lowest BCUT2D eigenvalue weighted by Gasteiger charge is -1.98. The monoisotopic (exact) mass is 297 g/mol. The van der Waals surface area contributed by atoms with E-state index in [9.17, 15) is 4.39 Å². The molecule has 0 amide bonds. The molecule has 0 saturated carbocycles. The zero-order chi connectivity index (χ0) is 14.6. The Morgan fingerprint density at radius 2 is 2.00 bits per heavy atom. The van der Waals surface area contributed by atoms with Crippen LogP contribution < -0.4 is 5.73 Å². The van der Waals surface area contributed by atoms with Crippen molar-refractivity contribution in [2.24, 2.45) is 7.05 Å². The number of hydrogen-bond donors (Lipinski definition) is 1. The average molecular weight is 297 g/mol. The Morgan fingerprint density at radius 1 is 1.19 bits per heavy atom. The van der Waals surface area contributed by atoms with Crippen molar-refractivity contribution >= 4 is 38.0 Å². The fraction of sp³-hybridized carbons (Fsp3) is 0.0625. The molecule has 2 aromatic heterocycles. The normalized spacial score (nSPS) is 11.5. The lowest BCUT2D eigenvalue weighted by Crippen LogP contribution is -1.92. The number of nitrogens with zero attached hydrogens (tertiary/aromatic N) is 2. The number of halogens is 1. The van der Waals surface area contributed by atoms with Crippen molar-refractivity contribution in [3.05, 3.63) is 48.3 Å². The van der Waals surface area contributed by atoms with Crippen LogP contribution in [-0.2, 0) is 7.05 Å². The molecule has 21 heavy (non-hydrogen) atoms. The Hall–Kier alpha value is -2.40. The SMILES string of the molecule is Cn1nc(-c2cc3ccccc3s2)c2cc(N)c(F)cc21. The first-order chi connectivity index (χ1) is 10.1. The number of nitrogens with two attached hydrogens (primary N) is 1. The minimum Gasteiger partial charge on any atom is -0.396 e. The van der Waals surface area contributed by atoms with E-state index in [2.05, 4.69) is 23.3 Å². The molecule has 3 nitrogen and oxygen atoms in total. The summed E-state index contributed by atoms with van der Waals surface area (Å²) in [6.45, 7) is 0. The maximum absolute atomic E-state index is 13.6. The molecule has 0 radical (unpaired) electrons. The van der Waals surface area contributed by atoms with Crippen LogP contribution in [0.5, 0.6) is 0 Å². The Kier molecular flexibility index (Phi) is 2.53. The molecule has 4 rings (SSSR count). The molecule has 2 heterocycles. The first-order valence-corrected chi connectivity index (χ1v) is 7.36. The smallest absolute Gasteiger partial charge is 0.148 e. The van der Waals surface area contributed by atoms with Gasteiger partial charge in [-0.25, -0.2) is 4.39 Å². The summed E-state index contributed by atoms with van der Waals surface area (Å²) in [5, 5.41) is 6.61. The number of rotatable bonds is 1. The number of aromatic nitrogens is 2. The lowest BCUT2D eigenvalue weighted by molar-refractivity contribution is 0.632. The zero-order valence-corrected chi connectivity index (χ0v) is 12.1. The summed E-state index contributed by atoms with van der Waals surface area (Å²) in [6.07, 6.45) is 0. The molecule has 2 aromatic carbocycles. The summed E-state index contributed by atoms with van der Waals surface area (Å²) in [4.78, 5) is 1.06. The minimum atomic E-state index is -0.409. The number of fused-ring (bicyclic) bond motifs is 2. The molecule has 0 bridgehead atoms. The van der Waals surface area contributed by atoms with Crippen LogP contribution in [0.15, 0.2) is 42.5 Å². The molecule has 0 spiro atoms. The fourth-order valence-corrected chi connectivity index (χ4v) is 3.64. The van der Waals surface area contributed by atoms with Gasteiger partial charge < -0.3 is 5.73 Å². The zero-order valence-electron chi connectivity index (χ0n) is 11.3. The second-order valence-electron chi connectivity index (χ2n) is 5.01. The fourth-order valence-electron chi connectivity index (χ4n) is 2.58. The van der Waals surface area contributed by atoms with Gasteiger partial charge >= 0.3 is 0 Å². The Bertz CT molecular complexity index is 951. The van der Waals surface area contributed by atoms with Crippen molar-refractivity contribution in [3.8, 4) is 10.6 Å². The van der Waals surface area contributed by atoms with Gasteiger partial charge in [0.25, 0.3) is 0 Å². The second kappa shape index (κ2) is 4.30. The molecule has 0 saturated heterocycles. The third-order valence-corrected chi connectivity index (χ3v) is 4.75. The summed E-state index contributed by atoms with van der Waals surface area (Å²) < 4.78 is 16.5. The van der Waals surface area contributed by atoms with Gasteiger partial charge in [-0.2, -0.15) is 5.10 Å². The van der Waals surface area contributed by atoms with E-state index >= 15 is 0 Å². The van der Waals surface area contributed by atoms with Gasteiger partial charge in [-0.1, -0.05) is 18.2 Å². The van der Waals surface area contributed by atoms with E-state index in [0.717, 1.165) is 21.5 Å². The van der Waals surface area contributed by atoms with Crippen LogP contribution in [-0.4, -0.2) is 9.78 Å². The summed E-state index contributed by atoms with van der Waals surface area (Å²) in [6, 6.07) is 13.4. The predicted octanol–water partition coefficient (Wildman–Crippen LogP) is 4.18. The van der Waals surface area contributed by atoms with Crippen molar-refractivity contribution in [1.29, 1.82) is 0 Å². The van der Waals surface area contributed by atoms with E-state index in [4.69, 9.17) is 5.73 Å². The number of benzene rings is 2. The van der Waals surface area contributed by atoms with Crippen LogP contribution in [0, 0.1) is 5.82 Å². The van der Waals surface area contributed by atoms with Crippen molar-refractivity contribution in [2.75, 3.05) is 5.73 Å². The number of thiophene rings is 1. The summed E-state index contributed by atoms with van der Waals surface area (Å²) in [7, 11) is 1.81. The van der Waals surface area contributed by atoms with Crippen LogP contribution >= 0.6 is 11.3 Å². The van der Waals surface area contributed by atoms with E-state index in [-0.39, 0.29) is 5.69 Å². The molecule has 0 aliphatic heterocycles. The van der Waals surface area contributed by atoms with Gasteiger partial charge in [0.15, 0.2) is 0 Å². The Morgan fingerprint density at radius 3 is 2.81 bits per heavy atom. The Labute approximate surface area is 124 Å². The second-order valence-corrected chi connectivity index (χ2v) is 6.10. The maximum atomic E-state index is 13.6. The molecule has 0 unspecified atom stereocenters. The Balaban J connectivity index is 2.03. The highest BCUT2D eigenvalue weighted by atomic mass is 32.1. The highest BCUT2D eigenvalue weighted by Crippen LogP contribution is 2.37. The molecule has 0 aliphatic carbocycles. The minimum absolute atomic E-state index is 0.151. The van der Waals surface area contributed by atoms with Crippen LogP contribution in [0.25, 0.3) is 31.6 Å². The van der Waals surface area contributed by atoms with Gasteiger partial charge in [0, 0.05) is 23.2 Å². The molecule has 0 aliphatic rings.